The molecule has 1 heterocycles. The van der Waals surface area contributed by atoms with Crippen LogP contribution in [0.2, 0.25) is 0 Å². The zero-order valence-electron chi connectivity index (χ0n) is 12.3. The molecule has 2 heteroatoms. The van der Waals surface area contributed by atoms with Crippen LogP contribution in [0.4, 0.5) is 0 Å². The third kappa shape index (κ3) is 3.27. The first-order valence-electron chi connectivity index (χ1n) is 6.95. The molecule has 1 aromatic carbocycles. The number of hydrogen-bond donors (Lipinski definition) is 1. The number of benzene rings is 1. The molecular weight excluding hydrogens is 234 g/mol. The Kier molecular flexibility index (Phi) is 4.43. The summed E-state index contributed by atoms with van der Waals surface area (Å²) in [6, 6.07) is 8.77. The molecule has 1 atom stereocenters. The van der Waals surface area contributed by atoms with Gasteiger partial charge in [0.15, 0.2) is 0 Å². The molecule has 102 valence electrons. The number of likely N-dealkylation sites (N-methyl/N-ethyl adjacent to an activating group) is 1. The van der Waals surface area contributed by atoms with Crippen molar-refractivity contribution >= 4 is 0 Å². The van der Waals surface area contributed by atoms with Crippen molar-refractivity contribution in [2.24, 2.45) is 0 Å². The molecule has 2 aromatic rings. The average molecular weight is 257 g/mol. The largest absolute Gasteiger partial charge is 0.468 e. The van der Waals surface area contributed by atoms with Crippen LogP contribution in [0, 0.1) is 20.8 Å². The maximum atomic E-state index is 5.56. The highest BCUT2D eigenvalue weighted by molar-refractivity contribution is 5.38. The van der Waals surface area contributed by atoms with E-state index >= 15 is 0 Å². The van der Waals surface area contributed by atoms with Gasteiger partial charge in [0.05, 0.1) is 12.3 Å². The van der Waals surface area contributed by atoms with Crippen LogP contribution in [0.25, 0.3) is 0 Å². The van der Waals surface area contributed by atoms with E-state index < -0.39 is 0 Å². The quantitative estimate of drug-likeness (QED) is 0.872. The molecule has 1 aromatic heterocycles. The molecule has 0 fully saturated rings. The van der Waals surface area contributed by atoms with E-state index in [2.05, 4.69) is 45.1 Å². The second-order valence-corrected chi connectivity index (χ2v) is 5.21. The molecule has 1 unspecified atom stereocenters. The van der Waals surface area contributed by atoms with Crippen molar-refractivity contribution in [1.82, 2.24) is 5.32 Å². The van der Waals surface area contributed by atoms with Gasteiger partial charge < -0.3 is 9.73 Å². The van der Waals surface area contributed by atoms with E-state index in [0.29, 0.717) is 0 Å². The molecule has 0 aliphatic rings. The first-order valence-corrected chi connectivity index (χ1v) is 6.95. The van der Waals surface area contributed by atoms with Gasteiger partial charge in [-0.15, -0.1) is 0 Å². The first-order chi connectivity index (χ1) is 9.11. The van der Waals surface area contributed by atoms with Crippen LogP contribution >= 0.6 is 0 Å². The molecule has 0 aliphatic carbocycles. The second kappa shape index (κ2) is 6.07. The second-order valence-electron chi connectivity index (χ2n) is 5.21. The predicted octanol–water partition coefficient (Wildman–Crippen LogP) is 4.10. The van der Waals surface area contributed by atoms with E-state index in [-0.39, 0.29) is 6.04 Å². The summed E-state index contributed by atoms with van der Waals surface area (Å²) in [6.07, 6.45) is 2.72. The maximum Gasteiger partial charge on any atom is 0.121 e. The molecule has 0 radical (unpaired) electrons. The summed E-state index contributed by atoms with van der Waals surface area (Å²) in [7, 11) is 0. The Morgan fingerprint density at radius 2 is 1.84 bits per heavy atom. The minimum Gasteiger partial charge on any atom is -0.468 e. The monoisotopic (exact) mass is 257 g/mol. The highest BCUT2D eigenvalue weighted by Gasteiger charge is 2.16. The minimum atomic E-state index is 0.250. The van der Waals surface area contributed by atoms with Crippen LogP contribution < -0.4 is 5.32 Å². The van der Waals surface area contributed by atoms with Crippen LogP contribution in [0.15, 0.2) is 34.9 Å². The molecule has 0 amide bonds. The molecule has 1 N–H and O–H groups in total. The predicted molar refractivity (Wildman–Crippen MR) is 79.5 cm³/mol. The number of nitrogens with one attached hydrogen (secondary N) is 1. The molecule has 0 bridgehead atoms. The number of aryl methyl sites for hydroxylation is 3. The molecule has 2 nitrogen and oxygen atoms in total. The Morgan fingerprint density at radius 1 is 1.16 bits per heavy atom. The number of rotatable bonds is 5. The fourth-order valence-electron chi connectivity index (χ4n) is 2.75. The molecule has 0 aliphatic heterocycles. The van der Waals surface area contributed by atoms with E-state index in [9.17, 15) is 0 Å². The van der Waals surface area contributed by atoms with Crippen molar-refractivity contribution in [1.29, 1.82) is 0 Å². The summed E-state index contributed by atoms with van der Waals surface area (Å²) in [4.78, 5) is 0. The van der Waals surface area contributed by atoms with Crippen LogP contribution in [0.3, 0.4) is 0 Å². The van der Waals surface area contributed by atoms with Crippen molar-refractivity contribution in [3.8, 4) is 0 Å². The summed E-state index contributed by atoms with van der Waals surface area (Å²) in [5.41, 5.74) is 5.49. The van der Waals surface area contributed by atoms with Crippen molar-refractivity contribution < 1.29 is 4.42 Å². The topological polar surface area (TPSA) is 25.2 Å². The van der Waals surface area contributed by atoms with Gasteiger partial charge in [0.2, 0.25) is 0 Å². The van der Waals surface area contributed by atoms with Gasteiger partial charge in [-0.1, -0.05) is 24.6 Å². The van der Waals surface area contributed by atoms with Gasteiger partial charge in [0, 0.05) is 0 Å². The van der Waals surface area contributed by atoms with Crippen molar-refractivity contribution in [2.75, 3.05) is 6.54 Å². The van der Waals surface area contributed by atoms with Crippen LogP contribution in [0.5, 0.6) is 0 Å². The fraction of sp³-hybridized carbons (Fsp3) is 0.412. The zero-order valence-corrected chi connectivity index (χ0v) is 12.3. The fourth-order valence-corrected chi connectivity index (χ4v) is 2.75. The molecule has 0 saturated carbocycles. The van der Waals surface area contributed by atoms with Gasteiger partial charge in [-0.2, -0.15) is 0 Å². The lowest BCUT2D eigenvalue weighted by molar-refractivity contribution is 0.415. The summed E-state index contributed by atoms with van der Waals surface area (Å²) >= 11 is 0. The Morgan fingerprint density at radius 3 is 2.37 bits per heavy atom. The van der Waals surface area contributed by atoms with Crippen molar-refractivity contribution in [3.05, 3.63) is 58.5 Å². The van der Waals surface area contributed by atoms with Crippen LogP contribution in [0.1, 0.15) is 41.0 Å². The third-order valence-electron chi connectivity index (χ3n) is 3.59. The van der Waals surface area contributed by atoms with E-state index in [1.165, 1.54) is 22.3 Å². The lowest BCUT2D eigenvalue weighted by Gasteiger charge is -2.19. The Balaban J connectivity index is 2.27. The third-order valence-corrected chi connectivity index (χ3v) is 3.59. The molecule has 0 saturated heterocycles. The Hall–Kier alpha value is -1.54. The summed E-state index contributed by atoms with van der Waals surface area (Å²) < 4.78 is 5.56. The van der Waals surface area contributed by atoms with Crippen molar-refractivity contribution in [3.63, 3.8) is 0 Å². The summed E-state index contributed by atoms with van der Waals surface area (Å²) in [6.45, 7) is 9.61. The summed E-state index contributed by atoms with van der Waals surface area (Å²) in [5, 5.41) is 3.51. The SMILES string of the molecule is CCNC(Cc1c(C)cc(C)cc1C)c1ccco1. The van der Waals surface area contributed by atoms with Gasteiger partial charge in [0.1, 0.15) is 5.76 Å². The van der Waals surface area contributed by atoms with E-state index in [1.54, 1.807) is 6.26 Å². The Bertz CT molecular complexity index is 505. The van der Waals surface area contributed by atoms with E-state index in [4.69, 9.17) is 4.42 Å². The minimum absolute atomic E-state index is 0.250. The van der Waals surface area contributed by atoms with Crippen LogP contribution in [-0.4, -0.2) is 6.54 Å². The lowest BCUT2D eigenvalue weighted by atomic mass is 9.93. The highest BCUT2D eigenvalue weighted by Crippen LogP contribution is 2.24. The summed E-state index contributed by atoms with van der Waals surface area (Å²) in [5.74, 6) is 1.02. The standard InChI is InChI=1S/C17H23NO/c1-5-18-16(17-7-6-8-19-17)11-15-13(3)9-12(2)10-14(15)4/h6-10,16,18H,5,11H2,1-4H3. The van der Waals surface area contributed by atoms with Gasteiger partial charge >= 0.3 is 0 Å². The lowest BCUT2D eigenvalue weighted by Crippen LogP contribution is -2.23. The van der Waals surface area contributed by atoms with Gasteiger partial charge in [0.25, 0.3) is 0 Å². The Labute approximate surface area is 115 Å². The van der Waals surface area contributed by atoms with E-state index in [1.807, 2.05) is 12.1 Å². The normalized spacial score (nSPS) is 12.6. The smallest absolute Gasteiger partial charge is 0.121 e. The van der Waals surface area contributed by atoms with Gasteiger partial charge in [-0.3, -0.25) is 0 Å². The highest BCUT2D eigenvalue weighted by atomic mass is 16.3. The first kappa shape index (κ1) is 13.9. The van der Waals surface area contributed by atoms with Gasteiger partial charge in [-0.25, -0.2) is 0 Å². The zero-order chi connectivity index (χ0) is 13.8. The maximum absolute atomic E-state index is 5.56. The van der Waals surface area contributed by atoms with Crippen molar-refractivity contribution in [2.45, 2.75) is 40.2 Å². The average Bonchev–Trinajstić information content (AvgIpc) is 2.85. The number of furan rings is 1. The molecule has 0 spiro atoms. The molecule has 19 heavy (non-hydrogen) atoms. The van der Waals surface area contributed by atoms with E-state index in [0.717, 1.165) is 18.7 Å². The van der Waals surface area contributed by atoms with Crippen LogP contribution in [-0.2, 0) is 6.42 Å². The van der Waals surface area contributed by atoms with Gasteiger partial charge in [-0.05, 0) is 62.6 Å². The number of hydrogen-bond acceptors (Lipinski definition) is 2. The molecule has 2 rings (SSSR count). The molecular formula is C17H23NO.